The van der Waals surface area contributed by atoms with Crippen molar-refractivity contribution in [2.24, 2.45) is 0 Å². The molecule has 0 aromatic carbocycles. The molecule has 0 atom stereocenters. The summed E-state index contributed by atoms with van der Waals surface area (Å²) in [5, 5.41) is 0.395. The van der Waals surface area contributed by atoms with Gasteiger partial charge in [-0.3, -0.25) is 0 Å². The molecular weight excluding hydrogens is 217 g/mol. The second-order valence-electron chi connectivity index (χ2n) is 2.72. The van der Waals surface area contributed by atoms with Crippen LogP contribution in [0.3, 0.4) is 0 Å². The molecule has 0 saturated carbocycles. The van der Waals surface area contributed by atoms with Crippen LogP contribution in [0.2, 0.25) is 0 Å². The van der Waals surface area contributed by atoms with E-state index < -0.39 is 12.6 Å². The number of hydrogen-bond donors (Lipinski definition) is 1. The summed E-state index contributed by atoms with van der Waals surface area (Å²) in [6.07, 6.45) is -5.02. The molecule has 0 fully saturated rings. The number of rotatable bonds is 3. The molecule has 0 aliphatic rings. The summed E-state index contributed by atoms with van der Waals surface area (Å²) in [6.45, 7) is -0.141. The molecule has 1 rings (SSSR count). The zero-order chi connectivity index (χ0) is 10.8. The van der Waals surface area contributed by atoms with Crippen molar-refractivity contribution in [3.63, 3.8) is 0 Å². The molecule has 0 aliphatic carbocycles. The number of nitrogens with two attached hydrogens (primary N) is 1. The highest BCUT2D eigenvalue weighted by Gasteiger charge is 2.27. The van der Waals surface area contributed by atoms with Crippen molar-refractivity contribution in [3.05, 3.63) is 0 Å². The van der Waals surface area contributed by atoms with Gasteiger partial charge in [0.25, 0.3) is 0 Å². The van der Waals surface area contributed by atoms with Gasteiger partial charge in [0.05, 0.1) is 6.42 Å². The fourth-order valence-electron chi connectivity index (χ4n) is 0.772. The normalized spacial score (nSPS) is 11.7. The van der Waals surface area contributed by atoms with Crippen molar-refractivity contribution in [1.82, 2.24) is 9.36 Å². The summed E-state index contributed by atoms with van der Waals surface area (Å²) in [4.78, 5) is 5.13. The quantitative estimate of drug-likeness (QED) is 0.848. The summed E-state index contributed by atoms with van der Waals surface area (Å²) in [6, 6.07) is 0. The SMILES string of the molecule is CN(CCC(F)(F)F)c1nc(N)ns1. The predicted molar refractivity (Wildman–Crippen MR) is 48.3 cm³/mol. The van der Waals surface area contributed by atoms with Crippen LogP contribution < -0.4 is 10.6 Å². The number of nitrogen functional groups attached to an aromatic ring is 1. The summed E-state index contributed by atoms with van der Waals surface area (Å²) in [7, 11) is 1.52. The van der Waals surface area contributed by atoms with Crippen molar-refractivity contribution >= 4 is 22.6 Å². The van der Waals surface area contributed by atoms with E-state index in [0.29, 0.717) is 5.13 Å². The Hall–Kier alpha value is -1.05. The first-order chi connectivity index (χ1) is 6.38. The Labute approximate surface area is 82.7 Å². The molecule has 0 bridgehead atoms. The third-order valence-corrected chi connectivity index (χ3v) is 2.33. The topological polar surface area (TPSA) is 55.0 Å². The Morgan fingerprint density at radius 1 is 1.50 bits per heavy atom. The van der Waals surface area contributed by atoms with Gasteiger partial charge in [-0.15, -0.1) is 0 Å². The average Bonchev–Trinajstić information content (AvgIpc) is 2.46. The largest absolute Gasteiger partial charge is 0.390 e. The van der Waals surface area contributed by atoms with Gasteiger partial charge in [-0.25, -0.2) is 0 Å². The van der Waals surface area contributed by atoms with Crippen LogP contribution >= 0.6 is 11.5 Å². The van der Waals surface area contributed by atoms with Crippen LogP contribution in [0, 0.1) is 0 Å². The molecule has 0 spiro atoms. The first-order valence-electron chi connectivity index (χ1n) is 3.75. The minimum Gasteiger partial charge on any atom is -0.367 e. The molecule has 14 heavy (non-hydrogen) atoms. The zero-order valence-corrected chi connectivity index (χ0v) is 8.19. The van der Waals surface area contributed by atoms with Gasteiger partial charge in [0.15, 0.2) is 0 Å². The summed E-state index contributed by atoms with van der Waals surface area (Å²) in [5.74, 6) is 0.0869. The minimum atomic E-state index is -4.15. The molecule has 1 aromatic heterocycles. The molecule has 80 valence electrons. The Kier molecular flexibility index (Phi) is 3.14. The zero-order valence-electron chi connectivity index (χ0n) is 7.38. The second-order valence-corrected chi connectivity index (χ2v) is 3.45. The van der Waals surface area contributed by atoms with E-state index in [0.717, 1.165) is 11.5 Å². The Morgan fingerprint density at radius 2 is 2.14 bits per heavy atom. The predicted octanol–water partition coefficient (Wildman–Crippen LogP) is 1.51. The van der Waals surface area contributed by atoms with Crippen molar-refractivity contribution < 1.29 is 13.2 Å². The first kappa shape index (κ1) is 11.0. The molecule has 8 heteroatoms. The Bertz CT molecular complexity index is 298. The van der Waals surface area contributed by atoms with Crippen molar-refractivity contribution in [1.29, 1.82) is 0 Å². The Morgan fingerprint density at radius 3 is 2.57 bits per heavy atom. The van der Waals surface area contributed by atoms with E-state index in [2.05, 4.69) is 9.36 Å². The molecule has 2 N–H and O–H groups in total. The third-order valence-electron chi connectivity index (χ3n) is 1.49. The summed E-state index contributed by atoms with van der Waals surface area (Å²) in [5.41, 5.74) is 5.24. The molecule has 0 saturated heterocycles. The molecule has 0 unspecified atom stereocenters. The van der Waals surface area contributed by atoms with Gasteiger partial charge in [0.2, 0.25) is 11.1 Å². The minimum absolute atomic E-state index is 0.0869. The Balaban J connectivity index is 2.47. The van der Waals surface area contributed by atoms with Gasteiger partial charge in [0, 0.05) is 25.1 Å². The van der Waals surface area contributed by atoms with E-state index in [4.69, 9.17) is 5.73 Å². The maximum absolute atomic E-state index is 11.9. The molecule has 4 nitrogen and oxygen atoms in total. The lowest BCUT2D eigenvalue weighted by atomic mass is 10.4. The monoisotopic (exact) mass is 226 g/mol. The van der Waals surface area contributed by atoms with Gasteiger partial charge < -0.3 is 10.6 Å². The van der Waals surface area contributed by atoms with Gasteiger partial charge >= 0.3 is 6.18 Å². The van der Waals surface area contributed by atoms with Gasteiger partial charge in [0.1, 0.15) is 0 Å². The van der Waals surface area contributed by atoms with Crippen LogP contribution in [0.4, 0.5) is 24.3 Å². The van der Waals surface area contributed by atoms with Crippen LogP contribution in [0.1, 0.15) is 6.42 Å². The van der Waals surface area contributed by atoms with Crippen molar-refractivity contribution in [2.75, 3.05) is 24.2 Å². The van der Waals surface area contributed by atoms with E-state index in [1.807, 2.05) is 0 Å². The van der Waals surface area contributed by atoms with E-state index in [1.165, 1.54) is 11.9 Å². The number of alkyl halides is 3. The van der Waals surface area contributed by atoms with E-state index in [1.54, 1.807) is 0 Å². The summed E-state index contributed by atoms with van der Waals surface area (Å²) >= 11 is 0.981. The maximum atomic E-state index is 11.9. The number of aromatic nitrogens is 2. The molecule has 1 aromatic rings. The fraction of sp³-hybridized carbons (Fsp3) is 0.667. The highest BCUT2D eigenvalue weighted by atomic mass is 32.1. The number of nitrogens with zero attached hydrogens (tertiary/aromatic N) is 3. The number of anilines is 2. The lowest BCUT2D eigenvalue weighted by Crippen LogP contribution is -2.23. The number of halogens is 3. The molecule has 1 heterocycles. The van der Waals surface area contributed by atoms with Crippen molar-refractivity contribution in [3.8, 4) is 0 Å². The average molecular weight is 226 g/mol. The third kappa shape index (κ3) is 3.36. The lowest BCUT2D eigenvalue weighted by Gasteiger charge is -2.15. The van der Waals surface area contributed by atoms with Gasteiger partial charge in [-0.1, -0.05) is 0 Å². The standard InChI is InChI=1S/C6H9F3N4S/c1-13(3-2-6(7,8)9)5-11-4(10)12-14-5/h2-3H2,1H3,(H2,10,12). The van der Waals surface area contributed by atoms with Crippen LogP contribution in [-0.2, 0) is 0 Å². The number of hydrogen-bond acceptors (Lipinski definition) is 5. The molecule has 0 amide bonds. The van der Waals surface area contributed by atoms with Crippen LogP contribution in [-0.4, -0.2) is 29.1 Å². The summed E-state index contributed by atoms with van der Waals surface area (Å²) < 4.78 is 39.2. The fourth-order valence-corrected chi connectivity index (χ4v) is 1.35. The highest BCUT2D eigenvalue weighted by molar-refractivity contribution is 7.09. The molecular formula is C6H9F3N4S. The van der Waals surface area contributed by atoms with E-state index >= 15 is 0 Å². The highest BCUT2D eigenvalue weighted by Crippen LogP contribution is 2.22. The van der Waals surface area contributed by atoms with Crippen LogP contribution in [0.15, 0.2) is 0 Å². The van der Waals surface area contributed by atoms with Crippen LogP contribution in [0.5, 0.6) is 0 Å². The first-order valence-corrected chi connectivity index (χ1v) is 4.53. The lowest BCUT2D eigenvalue weighted by molar-refractivity contribution is -0.132. The van der Waals surface area contributed by atoms with Crippen LogP contribution in [0.25, 0.3) is 0 Å². The molecule has 0 radical (unpaired) electrons. The van der Waals surface area contributed by atoms with E-state index in [-0.39, 0.29) is 12.5 Å². The molecule has 0 aliphatic heterocycles. The van der Waals surface area contributed by atoms with E-state index in [9.17, 15) is 13.2 Å². The van der Waals surface area contributed by atoms with Gasteiger partial charge in [-0.2, -0.15) is 22.5 Å². The van der Waals surface area contributed by atoms with Gasteiger partial charge in [-0.05, 0) is 0 Å². The van der Waals surface area contributed by atoms with Crippen molar-refractivity contribution in [2.45, 2.75) is 12.6 Å². The maximum Gasteiger partial charge on any atom is 0.390 e. The second kappa shape index (κ2) is 3.99. The smallest absolute Gasteiger partial charge is 0.367 e.